The molecule has 1 aliphatic rings. The standard InChI is InChI=1S/C20H26N2O2S/c1-21(25(23,24)17-19-8-4-2-5-9-19)16-18-10-12-20(13-11-18)22-14-6-3-7-15-22/h2,4-5,8-13H,3,6-7,14-17H2,1H3. The summed E-state index contributed by atoms with van der Waals surface area (Å²) in [6, 6.07) is 17.6. The van der Waals surface area contributed by atoms with Crippen molar-refractivity contribution in [2.75, 3.05) is 25.0 Å². The predicted octanol–water partition coefficient (Wildman–Crippen LogP) is 3.64. The van der Waals surface area contributed by atoms with Crippen LogP contribution in [0.25, 0.3) is 0 Å². The number of rotatable bonds is 6. The van der Waals surface area contributed by atoms with Gasteiger partial charge in [-0.05, 0) is 42.5 Å². The lowest BCUT2D eigenvalue weighted by Gasteiger charge is -2.29. The highest BCUT2D eigenvalue weighted by Gasteiger charge is 2.19. The lowest BCUT2D eigenvalue weighted by molar-refractivity contribution is 0.466. The molecule has 0 spiro atoms. The highest BCUT2D eigenvalue weighted by Crippen LogP contribution is 2.21. The van der Waals surface area contributed by atoms with E-state index in [1.54, 1.807) is 7.05 Å². The average Bonchev–Trinajstić information content (AvgIpc) is 2.63. The number of benzene rings is 2. The fraction of sp³-hybridized carbons (Fsp3) is 0.400. The van der Waals surface area contributed by atoms with Crippen LogP contribution in [-0.2, 0) is 22.3 Å². The molecule has 2 aromatic carbocycles. The predicted molar refractivity (Wildman–Crippen MR) is 103 cm³/mol. The number of piperidine rings is 1. The Labute approximate surface area is 151 Å². The van der Waals surface area contributed by atoms with Crippen molar-refractivity contribution in [3.8, 4) is 0 Å². The normalized spacial score (nSPS) is 15.5. The third kappa shape index (κ3) is 4.83. The fourth-order valence-electron chi connectivity index (χ4n) is 3.21. The Hall–Kier alpha value is -1.85. The minimum Gasteiger partial charge on any atom is -0.372 e. The molecule has 0 bridgehead atoms. The Balaban J connectivity index is 1.62. The Bertz CT molecular complexity index is 767. The molecule has 3 rings (SSSR count). The summed E-state index contributed by atoms with van der Waals surface area (Å²) in [5.41, 5.74) is 3.06. The third-order valence-corrected chi connectivity index (χ3v) is 6.51. The first-order chi connectivity index (χ1) is 12.0. The van der Waals surface area contributed by atoms with Crippen LogP contribution in [0, 0.1) is 0 Å². The number of nitrogens with zero attached hydrogens (tertiary/aromatic N) is 2. The van der Waals surface area contributed by atoms with Crippen molar-refractivity contribution in [1.29, 1.82) is 0 Å². The van der Waals surface area contributed by atoms with E-state index in [-0.39, 0.29) is 5.75 Å². The van der Waals surface area contributed by atoms with Crippen LogP contribution in [0.15, 0.2) is 54.6 Å². The van der Waals surface area contributed by atoms with Crippen molar-refractivity contribution in [3.05, 3.63) is 65.7 Å². The molecule has 134 valence electrons. The quantitative estimate of drug-likeness (QED) is 0.792. The van der Waals surface area contributed by atoms with E-state index >= 15 is 0 Å². The molecule has 1 fully saturated rings. The zero-order chi connectivity index (χ0) is 17.7. The van der Waals surface area contributed by atoms with Crippen molar-refractivity contribution >= 4 is 15.7 Å². The van der Waals surface area contributed by atoms with E-state index in [0.29, 0.717) is 6.54 Å². The van der Waals surface area contributed by atoms with E-state index in [1.807, 2.05) is 42.5 Å². The molecule has 25 heavy (non-hydrogen) atoms. The van der Waals surface area contributed by atoms with Crippen LogP contribution in [0.1, 0.15) is 30.4 Å². The van der Waals surface area contributed by atoms with Crippen LogP contribution in [0.3, 0.4) is 0 Å². The third-order valence-electron chi connectivity index (χ3n) is 4.73. The maximum absolute atomic E-state index is 12.5. The molecule has 0 aromatic heterocycles. The molecule has 0 radical (unpaired) electrons. The molecule has 1 saturated heterocycles. The first kappa shape index (κ1) is 18.0. The van der Waals surface area contributed by atoms with E-state index in [4.69, 9.17) is 0 Å². The average molecular weight is 359 g/mol. The topological polar surface area (TPSA) is 40.6 Å². The summed E-state index contributed by atoms with van der Waals surface area (Å²) in [4.78, 5) is 2.41. The monoisotopic (exact) mass is 358 g/mol. The lowest BCUT2D eigenvalue weighted by atomic mass is 10.1. The number of hydrogen-bond acceptors (Lipinski definition) is 3. The first-order valence-corrected chi connectivity index (χ1v) is 10.5. The van der Waals surface area contributed by atoms with Gasteiger partial charge in [-0.1, -0.05) is 42.5 Å². The molecule has 0 saturated carbocycles. The molecule has 4 nitrogen and oxygen atoms in total. The van der Waals surface area contributed by atoms with Gasteiger partial charge in [0.25, 0.3) is 0 Å². The van der Waals surface area contributed by atoms with Gasteiger partial charge in [-0.3, -0.25) is 0 Å². The van der Waals surface area contributed by atoms with Gasteiger partial charge >= 0.3 is 0 Å². The molecule has 1 aliphatic heterocycles. The van der Waals surface area contributed by atoms with Crippen molar-refractivity contribution in [2.24, 2.45) is 0 Å². The van der Waals surface area contributed by atoms with Crippen LogP contribution in [0.2, 0.25) is 0 Å². The molecule has 0 atom stereocenters. The molecule has 0 amide bonds. The van der Waals surface area contributed by atoms with Crippen LogP contribution in [-0.4, -0.2) is 32.9 Å². The van der Waals surface area contributed by atoms with Gasteiger partial charge in [-0.15, -0.1) is 0 Å². The molecule has 0 aliphatic carbocycles. The minimum absolute atomic E-state index is 0.0379. The van der Waals surface area contributed by atoms with Crippen LogP contribution in [0.4, 0.5) is 5.69 Å². The molecule has 0 unspecified atom stereocenters. The second-order valence-corrected chi connectivity index (χ2v) is 8.79. The van der Waals surface area contributed by atoms with E-state index in [0.717, 1.165) is 24.2 Å². The van der Waals surface area contributed by atoms with Gasteiger partial charge in [0, 0.05) is 32.4 Å². The van der Waals surface area contributed by atoms with Gasteiger partial charge < -0.3 is 4.90 Å². The SMILES string of the molecule is CN(Cc1ccc(N2CCCCC2)cc1)S(=O)(=O)Cc1ccccc1. The zero-order valence-electron chi connectivity index (χ0n) is 14.8. The summed E-state index contributed by atoms with van der Waals surface area (Å²) in [6.45, 7) is 2.63. The van der Waals surface area contributed by atoms with Gasteiger partial charge in [-0.2, -0.15) is 0 Å². The second kappa shape index (κ2) is 8.02. The van der Waals surface area contributed by atoms with Crippen molar-refractivity contribution in [3.63, 3.8) is 0 Å². The summed E-state index contributed by atoms with van der Waals surface area (Å²) < 4.78 is 26.5. The summed E-state index contributed by atoms with van der Waals surface area (Å²) in [7, 11) is -1.67. The fourth-order valence-corrected chi connectivity index (χ4v) is 4.39. The summed E-state index contributed by atoms with van der Waals surface area (Å²) in [5.74, 6) is 0.0379. The molecule has 0 N–H and O–H groups in total. The summed E-state index contributed by atoms with van der Waals surface area (Å²) in [6.07, 6.45) is 3.82. The van der Waals surface area contributed by atoms with Crippen molar-refractivity contribution in [1.82, 2.24) is 4.31 Å². The largest absolute Gasteiger partial charge is 0.372 e. The highest BCUT2D eigenvalue weighted by molar-refractivity contribution is 7.88. The van der Waals surface area contributed by atoms with Crippen LogP contribution >= 0.6 is 0 Å². The zero-order valence-corrected chi connectivity index (χ0v) is 15.6. The number of hydrogen-bond donors (Lipinski definition) is 0. The molecule has 1 heterocycles. The molecule has 2 aromatic rings. The van der Waals surface area contributed by atoms with Gasteiger partial charge in [0.05, 0.1) is 5.75 Å². The summed E-state index contributed by atoms with van der Waals surface area (Å²) in [5, 5.41) is 0. The van der Waals surface area contributed by atoms with E-state index in [2.05, 4.69) is 17.0 Å². The molecular formula is C20H26N2O2S. The molecule has 5 heteroatoms. The first-order valence-electron chi connectivity index (χ1n) is 8.86. The van der Waals surface area contributed by atoms with Crippen molar-refractivity contribution in [2.45, 2.75) is 31.6 Å². The number of anilines is 1. The van der Waals surface area contributed by atoms with E-state index in [9.17, 15) is 8.42 Å². The minimum atomic E-state index is -3.32. The Morgan fingerprint density at radius 2 is 1.52 bits per heavy atom. The highest BCUT2D eigenvalue weighted by atomic mass is 32.2. The van der Waals surface area contributed by atoms with Crippen LogP contribution < -0.4 is 4.90 Å². The second-order valence-electron chi connectivity index (χ2n) is 6.71. The lowest BCUT2D eigenvalue weighted by Crippen LogP contribution is -2.29. The van der Waals surface area contributed by atoms with E-state index < -0.39 is 10.0 Å². The van der Waals surface area contributed by atoms with Gasteiger partial charge in [0.2, 0.25) is 10.0 Å². The smallest absolute Gasteiger partial charge is 0.218 e. The van der Waals surface area contributed by atoms with Gasteiger partial charge in [-0.25, -0.2) is 12.7 Å². The van der Waals surface area contributed by atoms with E-state index in [1.165, 1.54) is 29.3 Å². The number of sulfonamides is 1. The maximum Gasteiger partial charge on any atom is 0.218 e. The summed E-state index contributed by atoms with van der Waals surface area (Å²) >= 11 is 0. The van der Waals surface area contributed by atoms with Gasteiger partial charge in [0.15, 0.2) is 0 Å². The Morgan fingerprint density at radius 3 is 2.16 bits per heavy atom. The molecular weight excluding hydrogens is 332 g/mol. The van der Waals surface area contributed by atoms with Crippen LogP contribution in [0.5, 0.6) is 0 Å². The Kier molecular flexibility index (Phi) is 5.76. The van der Waals surface area contributed by atoms with Gasteiger partial charge in [0.1, 0.15) is 0 Å². The Morgan fingerprint density at radius 1 is 0.880 bits per heavy atom. The maximum atomic E-state index is 12.5. The van der Waals surface area contributed by atoms with Crippen molar-refractivity contribution < 1.29 is 8.42 Å².